The number of aromatic amines is 1. The number of hydrogen-bond donors (Lipinski definition) is 2. The second kappa shape index (κ2) is 4.78. The molecule has 0 unspecified atom stereocenters. The summed E-state index contributed by atoms with van der Waals surface area (Å²) in [4.78, 5) is 11.6. The van der Waals surface area contributed by atoms with Crippen molar-refractivity contribution in [2.24, 2.45) is 0 Å². The molecule has 0 bridgehead atoms. The van der Waals surface area contributed by atoms with Crippen LogP contribution in [0.3, 0.4) is 0 Å². The van der Waals surface area contributed by atoms with Gasteiger partial charge in [-0.05, 0) is 25.1 Å². The molecule has 0 spiro atoms. The van der Waals surface area contributed by atoms with E-state index in [0.717, 1.165) is 5.69 Å². The fourth-order valence-electron chi connectivity index (χ4n) is 1.49. The Hall–Kier alpha value is -2.17. The number of aromatic nitrogens is 2. The van der Waals surface area contributed by atoms with Gasteiger partial charge in [0.25, 0.3) is 0 Å². The highest BCUT2D eigenvalue weighted by Crippen LogP contribution is 2.12. The highest BCUT2D eigenvalue weighted by atomic mass is 19.1. The number of amides is 1. The van der Waals surface area contributed by atoms with Crippen LogP contribution in [0.4, 0.5) is 10.1 Å². The molecular weight excluding hydrogens is 221 g/mol. The zero-order valence-electron chi connectivity index (χ0n) is 9.33. The quantitative estimate of drug-likeness (QED) is 0.852. The summed E-state index contributed by atoms with van der Waals surface area (Å²) in [7, 11) is 0. The average molecular weight is 233 g/mol. The molecule has 1 heterocycles. The first-order valence-corrected chi connectivity index (χ1v) is 5.20. The third kappa shape index (κ3) is 2.90. The van der Waals surface area contributed by atoms with Crippen LogP contribution < -0.4 is 5.32 Å². The van der Waals surface area contributed by atoms with Crippen molar-refractivity contribution >= 4 is 11.6 Å². The maximum Gasteiger partial charge on any atom is 0.230 e. The number of halogens is 1. The van der Waals surface area contributed by atoms with Crippen molar-refractivity contribution in [3.8, 4) is 0 Å². The van der Waals surface area contributed by atoms with Gasteiger partial charge in [0.15, 0.2) is 0 Å². The topological polar surface area (TPSA) is 57.8 Å². The van der Waals surface area contributed by atoms with E-state index in [2.05, 4.69) is 15.5 Å². The molecule has 1 aromatic heterocycles. The molecule has 0 radical (unpaired) electrons. The zero-order chi connectivity index (χ0) is 12.3. The third-order valence-electron chi connectivity index (χ3n) is 2.25. The number of para-hydroxylation sites is 1. The molecule has 88 valence electrons. The standard InChI is InChI=1S/C12H12FN3O/c1-8-6-9(16-15-8)7-12(17)14-11-5-3-2-4-10(11)13/h2-6H,7H2,1H3,(H,14,17)(H,15,16). The van der Waals surface area contributed by atoms with E-state index in [-0.39, 0.29) is 18.0 Å². The van der Waals surface area contributed by atoms with Crippen LogP contribution in [0.15, 0.2) is 30.3 Å². The van der Waals surface area contributed by atoms with Crippen LogP contribution in [0.1, 0.15) is 11.4 Å². The fraction of sp³-hybridized carbons (Fsp3) is 0.167. The Labute approximate surface area is 97.9 Å². The molecule has 0 saturated heterocycles. The number of H-pyrrole nitrogens is 1. The summed E-state index contributed by atoms with van der Waals surface area (Å²) < 4.78 is 13.3. The van der Waals surface area contributed by atoms with Crippen molar-refractivity contribution in [2.45, 2.75) is 13.3 Å². The van der Waals surface area contributed by atoms with Gasteiger partial charge in [0.1, 0.15) is 5.82 Å². The van der Waals surface area contributed by atoms with Gasteiger partial charge < -0.3 is 5.32 Å². The Morgan fingerprint density at radius 2 is 2.24 bits per heavy atom. The maximum atomic E-state index is 13.3. The summed E-state index contributed by atoms with van der Waals surface area (Å²) >= 11 is 0. The fourth-order valence-corrected chi connectivity index (χ4v) is 1.49. The first kappa shape index (κ1) is 11.3. The second-order valence-electron chi connectivity index (χ2n) is 3.75. The number of carbonyl (C=O) groups excluding carboxylic acids is 1. The lowest BCUT2D eigenvalue weighted by Gasteiger charge is -2.04. The number of nitrogens with zero attached hydrogens (tertiary/aromatic N) is 1. The van der Waals surface area contributed by atoms with E-state index in [9.17, 15) is 9.18 Å². The van der Waals surface area contributed by atoms with Gasteiger partial charge in [-0.15, -0.1) is 0 Å². The Morgan fingerprint density at radius 3 is 2.88 bits per heavy atom. The average Bonchev–Trinajstić information content (AvgIpc) is 2.67. The summed E-state index contributed by atoms with van der Waals surface area (Å²) in [5.74, 6) is -0.736. The molecule has 0 atom stereocenters. The monoisotopic (exact) mass is 233 g/mol. The number of aryl methyl sites for hydroxylation is 1. The lowest BCUT2D eigenvalue weighted by Crippen LogP contribution is -2.15. The summed E-state index contributed by atoms with van der Waals surface area (Å²) in [5, 5.41) is 9.19. The molecule has 1 amide bonds. The lowest BCUT2D eigenvalue weighted by atomic mass is 10.2. The third-order valence-corrected chi connectivity index (χ3v) is 2.25. The predicted molar refractivity (Wildman–Crippen MR) is 62.1 cm³/mol. The Bertz CT molecular complexity index is 536. The van der Waals surface area contributed by atoms with Crippen LogP contribution in [-0.2, 0) is 11.2 Å². The molecule has 0 aliphatic rings. The van der Waals surface area contributed by atoms with Crippen molar-refractivity contribution < 1.29 is 9.18 Å². The zero-order valence-corrected chi connectivity index (χ0v) is 9.33. The number of anilines is 1. The highest BCUT2D eigenvalue weighted by Gasteiger charge is 2.08. The lowest BCUT2D eigenvalue weighted by molar-refractivity contribution is -0.115. The van der Waals surface area contributed by atoms with Crippen molar-refractivity contribution in [1.82, 2.24) is 10.2 Å². The summed E-state index contributed by atoms with van der Waals surface area (Å²) in [6.07, 6.45) is 0.124. The van der Waals surface area contributed by atoms with E-state index in [1.165, 1.54) is 12.1 Å². The largest absolute Gasteiger partial charge is 0.323 e. The van der Waals surface area contributed by atoms with Crippen molar-refractivity contribution in [1.29, 1.82) is 0 Å². The molecule has 2 rings (SSSR count). The number of hydrogen-bond acceptors (Lipinski definition) is 2. The number of benzene rings is 1. The molecule has 2 N–H and O–H groups in total. The number of carbonyl (C=O) groups is 1. The van der Waals surface area contributed by atoms with Crippen LogP contribution in [0.25, 0.3) is 0 Å². The van der Waals surface area contributed by atoms with E-state index in [0.29, 0.717) is 5.69 Å². The summed E-state index contributed by atoms with van der Waals surface area (Å²) in [6.45, 7) is 1.85. The Balaban J connectivity index is 2.01. The van der Waals surface area contributed by atoms with Crippen molar-refractivity contribution in [2.75, 3.05) is 5.32 Å². The van der Waals surface area contributed by atoms with Gasteiger partial charge in [-0.1, -0.05) is 12.1 Å². The van der Waals surface area contributed by atoms with E-state index >= 15 is 0 Å². The van der Waals surface area contributed by atoms with E-state index < -0.39 is 5.82 Å². The van der Waals surface area contributed by atoms with Crippen LogP contribution in [0.2, 0.25) is 0 Å². The molecule has 0 aliphatic carbocycles. The second-order valence-corrected chi connectivity index (χ2v) is 3.75. The number of rotatable bonds is 3. The summed E-state index contributed by atoms with van der Waals surface area (Å²) in [5.41, 5.74) is 1.71. The molecule has 4 nitrogen and oxygen atoms in total. The van der Waals surface area contributed by atoms with Gasteiger partial charge in [0.2, 0.25) is 5.91 Å². The molecule has 17 heavy (non-hydrogen) atoms. The molecule has 0 fully saturated rings. The Morgan fingerprint density at radius 1 is 1.47 bits per heavy atom. The first-order chi connectivity index (χ1) is 8.15. The molecule has 5 heteroatoms. The normalized spacial score (nSPS) is 10.2. The van der Waals surface area contributed by atoms with E-state index in [1.54, 1.807) is 18.2 Å². The maximum absolute atomic E-state index is 13.3. The predicted octanol–water partition coefficient (Wildman–Crippen LogP) is 2.04. The van der Waals surface area contributed by atoms with Crippen LogP contribution in [-0.4, -0.2) is 16.1 Å². The van der Waals surface area contributed by atoms with Crippen LogP contribution in [0.5, 0.6) is 0 Å². The van der Waals surface area contributed by atoms with Gasteiger partial charge in [-0.25, -0.2) is 4.39 Å². The molecule has 2 aromatic rings. The van der Waals surface area contributed by atoms with Crippen LogP contribution >= 0.6 is 0 Å². The number of nitrogens with one attached hydrogen (secondary N) is 2. The highest BCUT2D eigenvalue weighted by molar-refractivity contribution is 5.92. The minimum absolute atomic E-state index is 0.124. The van der Waals surface area contributed by atoms with Gasteiger partial charge in [0.05, 0.1) is 17.8 Å². The van der Waals surface area contributed by atoms with Gasteiger partial charge >= 0.3 is 0 Å². The molecule has 0 saturated carbocycles. The Kier molecular flexibility index (Phi) is 3.18. The smallest absolute Gasteiger partial charge is 0.230 e. The van der Waals surface area contributed by atoms with Crippen molar-refractivity contribution in [3.05, 3.63) is 47.5 Å². The molecule has 0 aliphatic heterocycles. The van der Waals surface area contributed by atoms with E-state index in [4.69, 9.17) is 0 Å². The first-order valence-electron chi connectivity index (χ1n) is 5.20. The van der Waals surface area contributed by atoms with Crippen LogP contribution in [0, 0.1) is 12.7 Å². The SMILES string of the molecule is Cc1cc(CC(=O)Nc2ccccc2F)n[nH]1. The van der Waals surface area contributed by atoms with Crippen molar-refractivity contribution in [3.63, 3.8) is 0 Å². The molecular formula is C12H12FN3O. The van der Waals surface area contributed by atoms with Gasteiger partial charge in [-0.2, -0.15) is 5.10 Å². The minimum atomic E-state index is -0.445. The minimum Gasteiger partial charge on any atom is -0.323 e. The van der Waals surface area contributed by atoms with E-state index in [1.807, 2.05) is 6.92 Å². The molecule has 1 aromatic carbocycles. The summed E-state index contributed by atoms with van der Waals surface area (Å²) in [6, 6.07) is 7.83. The van der Waals surface area contributed by atoms with Gasteiger partial charge in [0, 0.05) is 5.69 Å². The van der Waals surface area contributed by atoms with Gasteiger partial charge in [-0.3, -0.25) is 9.89 Å².